The van der Waals surface area contributed by atoms with Crippen molar-refractivity contribution in [3.05, 3.63) is 22.7 Å². The lowest BCUT2D eigenvalue weighted by molar-refractivity contribution is 0.0532. The highest BCUT2D eigenvalue weighted by molar-refractivity contribution is 6.29. The van der Waals surface area contributed by atoms with Crippen LogP contribution in [0.1, 0.15) is 69.5 Å². The molecule has 0 aliphatic heterocycles. The first kappa shape index (κ1) is 13.8. The van der Waals surface area contributed by atoms with Crippen LogP contribution in [0, 0.1) is 0 Å². The molecule has 1 atom stereocenters. The smallest absolute Gasteiger partial charge is 0.159 e. The molecule has 1 unspecified atom stereocenters. The molecular weight excluding hydrogens is 248 g/mol. The van der Waals surface area contributed by atoms with Gasteiger partial charge in [0.05, 0.1) is 0 Å². The van der Waals surface area contributed by atoms with Gasteiger partial charge >= 0.3 is 0 Å². The Morgan fingerprint density at radius 3 is 2.67 bits per heavy atom. The third kappa shape index (κ3) is 3.21. The monoisotopic (exact) mass is 268 g/mol. The molecule has 100 valence electrons. The maximum Gasteiger partial charge on any atom is 0.159 e. The molecule has 0 radical (unpaired) electrons. The summed E-state index contributed by atoms with van der Waals surface area (Å²) in [7, 11) is 0. The summed E-state index contributed by atoms with van der Waals surface area (Å²) >= 11 is 6.12. The molecule has 4 heteroatoms. The molecule has 0 aromatic carbocycles. The summed E-state index contributed by atoms with van der Waals surface area (Å²) in [6.45, 7) is 4.75. The highest BCUT2D eigenvalue weighted by Crippen LogP contribution is 2.34. The Morgan fingerprint density at radius 1 is 1.33 bits per heavy atom. The molecule has 2 rings (SSSR count). The molecule has 1 heterocycles. The standard InChI is InChI=1S/C14H21ClN2O/c1-3-12(18-4-2)14-16-11(9-13(15)17-14)10-7-5-6-8-10/h9-10,12H,3-8H2,1-2H3. The van der Waals surface area contributed by atoms with E-state index in [1.807, 2.05) is 13.0 Å². The van der Waals surface area contributed by atoms with E-state index in [2.05, 4.69) is 16.9 Å². The van der Waals surface area contributed by atoms with Gasteiger partial charge in [0.2, 0.25) is 0 Å². The van der Waals surface area contributed by atoms with Crippen LogP contribution >= 0.6 is 11.6 Å². The van der Waals surface area contributed by atoms with Gasteiger partial charge in [-0.1, -0.05) is 31.4 Å². The lowest BCUT2D eigenvalue weighted by Crippen LogP contribution is -2.10. The van der Waals surface area contributed by atoms with Gasteiger partial charge in [0.1, 0.15) is 11.3 Å². The second kappa shape index (κ2) is 6.48. The highest BCUT2D eigenvalue weighted by atomic mass is 35.5. The quantitative estimate of drug-likeness (QED) is 0.748. The number of halogens is 1. The lowest BCUT2D eigenvalue weighted by Gasteiger charge is -2.16. The average molecular weight is 269 g/mol. The maximum atomic E-state index is 6.12. The van der Waals surface area contributed by atoms with Crippen molar-refractivity contribution in [3.63, 3.8) is 0 Å². The van der Waals surface area contributed by atoms with Crippen molar-refractivity contribution in [1.82, 2.24) is 9.97 Å². The summed E-state index contributed by atoms with van der Waals surface area (Å²) < 4.78 is 5.67. The molecule has 0 amide bonds. The maximum absolute atomic E-state index is 6.12. The fourth-order valence-corrected chi connectivity index (χ4v) is 2.80. The van der Waals surface area contributed by atoms with Gasteiger partial charge < -0.3 is 4.74 Å². The van der Waals surface area contributed by atoms with Crippen LogP contribution in [0.4, 0.5) is 0 Å². The van der Waals surface area contributed by atoms with E-state index < -0.39 is 0 Å². The van der Waals surface area contributed by atoms with Crippen LogP contribution in [0.25, 0.3) is 0 Å². The van der Waals surface area contributed by atoms with Gasteiger partial charge in [-0.2, -0.15) is 0 Å². The predicted octanol–water partition coefficient (Wildman–Crippen LogP) is 4.28. The number of ether oxygens (including phenoxy) is 1. The molecule has 1 fully saturated rings. The molecule has 0 N–H and O–H groups in total. The average Bonchev–Trinajstić information content (AvgIpc) is 2.89. The van der Waals surface area contributed by atoms with Crippen LogP contribution in [0.5, 0.6) is 0 Å². The molecule has 0 spiro atoms. The van der Waals surface area contributed by atoms with Crippen molar-refractivity contribution < 1.29 is 4.74 Å². The Labute approximate surface area is 114 Å². The molecule has 1 aliphatic rings. The zero-order valence-electron chi connectivity index (χ0n) is 11.2. The topological polar surface area (TPSA) is 35.0 Å². The van der Waals surface area contributed by atoms with Crippen LogP contribution in [0.15, 0.2) is 6.07 Å². The fraction of sp³-hybridized carbons (Fsp3) is 0.714. The van der Waals surface area contributed by atoms with E-state index in [1.165, 1.54) is 25.7 Å². The summed E-state index contributed by atoms with van der Waals surface area (Å²) in [5.41, 5.74) is 1.10. The normalized spacial score (nSPS) is 18.2. The van der Waals surface area contributed by atoms with Gasteiger partial charge in [-0.25, -0.2) is 9.97 Å². The van der Waals surface area contributed by atoms with Gasteiger partial charge in [-0.15, -0.1) is 0 Å². The van der Waals surface area contributed by atoms with E-state index in [-0.39, 0.29) is 6.10 Å². The zero-order valence-corrected chi connectivity index (χ0v) is 11.9. The molecule has 1 aromatic rings. The minimum Gasteiger partial charge on any atom is -0.371 e. The van der Waals surface area contributed by atoms with Crippen molar-refractivity contribution in [3.8, 4) is 0 Å². The van der Waals surface area contributed by atoms with Crippen molar-refractivity contribution in [2.45, 2.75) is 58.0 Å². The zero-order chi connectivity index (χ0) is 13.0. The second-order valence-corrected chi connectivity index (χ2v) is 5.19. The Bertz CT molecular complexity index is 391. The molecule has 0 bridgehead atoms. The first-order valence-corrected chi connectivity index (χ1v) is 7.28. The van der Waals surface area contributed by atoms with Gasteiger partial charge in [0, 0.05) is 18.2 Å². The number of hydrogen-bond acceptors (Lipinski definition) is 3. The van der Waals surface area contributed by atoms with E-state index in [4.69, 9.17) is 16.3 Å². The van der Waals surface area contributed by atoms with Crippen LogP contribution in [-0.2, 0) is 4.74 Å². The minimum atomic E-state index is -0.0335. The summed E-state index contributed by atoms with van der Waals surface area (Å²) in [6, 6.07) is 1.92. The van der Waals surface area contributed by atoms with Crippen LogP contribution in [0.2, 0.25) is 5.15 Å². The van der Waals surface area contributed by atoms with Crippen LogP contribution in [-0.4, -0.2) is 16.6 Å². The SMILES string of the molecule is CCOC(CC)c1nc(Cl)cc(C2CCCC2)n1. The van der Waals surface area contributed by atoms with Gasteiger partial charge in [0.25, 0.3) is 0 Å². The summed E-state index contributed by atoms with van der Waals surface area (Å²) in [6.07, 6.45) is 5.87. The molecule has 3 nitrogen and oxygen atoms in total. The second-order valence-electron chi connectivity index (χ2n) is 4.81. The van der Waals surface area contributed by atoms with E-state index in [1.54, 1.807) is 0 Å². The lowest BCUT2D eigenvalue weighted by atomic mass is 10.0. The number of nitrogens with zero attached hydrogens (tertiary/aromatic N) is 2. The van der Waals surface area contributed by atoms with Crippen molar-refractivity contribution in [2.75, 3.05) is 6.61 Å². The number of hydrogen-bond donors (Lipinski definition) is 0. The number of rotatable bonds is 5. The van der Waals surface area contributed by atoms with E-state index >= 15 is 0 Å². The predicted molar refractivity (Wildman–Crippen MR) is 72.9 cm³/mol. The summed E-state index contributed by atoms with van der Waals surface area (Å²) in [4.78, 5) is 9.01. The minimum absolute atomic E-state index is 0.0335. The molecule has 0 saturated heterocycles. The van der Waals surface area contributed by atoms with Crippen molar-refractivity contribution >= 4 is 11.6 Å². The van der Waals surface area contributed by atoms with E-state index in [0.29, 0.717) is 17.7 Å². The largest absolute Gasteiger partial charge is 0.371 e. The molecule has 1 aromatic heterocycles. The van der Waals surface area contributed by atoms with Crippen LogP contribution < -0.4 is 0 Å². The Hall–Kier alpha value is -0.670. The fourth-order valence-electron chi connectivity index (χ4n) is 2.60. The van der Waals surface area contributed by atoms with Crippen LogP contribution in [0.3, 0.4) is 0 Å². The van der Waals surface area contributed by atoms with E-state index in [9.17, 15) is 0 Å². The molecular formula is C14H21ClN2O. The molecule has 1 saturated carbocycles. The van der Waals surface area contributed by atoms with Gasteiger partial charge in [-0.3, -0.25) is 0 Å². The van der Waals surface area contributed by atoms with E-state index in [0.717, 1.165) is 17.9 Å². The Morgan fingerprint density at radius 2 is 2.06 bits per heavy atom. The summed E-state index contributed by atoms with van der Waals surface area (Å²) in [5, 5.41) is 0.542. The first-order valence-electron chi connectivity index (χ1n) is 6.90. The third-order valence-electron chi connectivity index (χ3n) is 3.53. The summed E-state index contributed by atoms with van der Waals surface area (Å²) in [5.74, 6) is 1.30. The molecule has 1 aliphatic carbocycles. The third-order valence-corrected chi connectivity index (χ3v) is 3.73. The Balaban J connectivity index is 2.24. The number of aromatic nitrogens is 2. The van der Waals surface area contributed by atoms with Crippen molar-refractivity contribution in [1.29, 1.82) is 0 Å². The van der Waals surface area contributed by atoms with Gasteiger partial charge in [0.15, 0.2) is 5.82 Å². The molecule has 18 heavy (non-hydrogen) atoms. The Kier molecular flexibility index (Phi) is 4.95. The highest BCUT2D eigenvalue weighted by Gasteiger charge is 2.21. The van der Waals surface area contributed by atoms with Gasteiger partial charge in [-0.05, 0) is 32.3 Å². The first-order chi connectivity index (χ1) is 8.74. The van der Waals surface area contributed by atoms with Crippen molar-refractivity contribution in [2.24, 2.45) is 0 Å².